The molecule has 0 aromatic rings. The van der Waals surface area contributed by atoms with Crippen molar-refractivity contribution in [3.05, 3.63) is 0 Å². The summed E-state index contributed by atoms with van der Waals surface area (Å²) in [5.74, 6) is -0.612. The molecule has 2 bridgehead atoms. The van der Waals surface area contributed by atoms with E-state index in [-0.39, 0.29) is 35.3 Å². The molecular formula is C45H81FO6. The number of unbranched alkanes of at least 4 members (excludes halogenated alkanes) is 9. The Labute approximate surface area is 319 Å². The molecule has 5 unspecified atom stereocenters. The highest BCUT2D eigenvalue weighted by atomic mass is 19.1. The highest BCUT2D eigenvalue weighted by Crippen LogP contribution is 2.60. The Kier molecular flexibility index (Phi) is 22.1. The lowest BCUT2D eigenvalue weighted by Gasteiger charge is -2.57. The lowest BCUT2D eigenvalue weighted by Crippen LogP contribution is -2.52. The third-order valence-corrected chi connectivity index (χ3v) is 12.2. The Balaban J connectivity index is 2.20. The molecule has 0 heterocycles. The summed E-state index contributed by atoms with van der Waals surface area (Å²) in [5.41, 5.74) is -0.940. The van der Waals surface area contributed by atoms with Crippen molar-refractivity contribution in [3.63, 3.8) is 0 Å². The van der Waals surface area contributed by atoms with Crippen LogP contribution >= 0.6 is 0 Å². The van der Waals surface area contributed by atoms with Crippen LogP contribution in [-0.4, -0.2) is 43.9 Å². The molecule has 0 aliphatic heterocycles. The van der Waals surface area contributed by atoms with Gasteiger partial charge in [0, 0.05) is 35.0 Å². The van der Waals surface area contributed by atoms with Gasteiger partial charge in [-0.05, 0) is 76.0 Å². The molecule has 0 saturated heterocycles. The number of ether oxygens (including phenoxy) is 3. The lowest BCUT2D eigenvalue weighted by atomic mass is 9.49. The van der Waals surface area contributed by atoms with Crippen LogP contribution in [0.4, 0.5) is 4.39 Å². The van der Waals surface area contributed by atoms with Crippen LogP contribution in [0.15, 0.2) is 0 Å². The topological polar surface area (TPSA) is 78.9 Å². The third-order valence-electron chi connectivity index (χ3n) is 12.2. The van der Waals surface area contributed by atoms with Gasteiger partial charge in [0.1, 0.15) is 0 Å². The minimum Gasteiger partial charge on any atom is -0.465 e. The molecule has 2 saturated carbocycles. The maximum Gasteiger partial charge on any atom is 0.341 e. The third kappa shape index (κ3) is 17.2. The number of esters is 3. The van der Waals surface area contributed by atoms with Gasteiger partial charge in [-0.25, -0.2) is 9.18 Å². The number of hydrogen-bond donors (Lipinski definition) is 0. The van der Waals surface area contributed by atoms with Crippen molar-refractivity contribution in [2.45, 2.75) is 215 Å². The molecule has 52 heavy (non-hydrogen) atoms. The zero-order valence-corrected chi connectivity index (χ0v) is 34.9. The summed E-state index contributed by atoms with van der Waals surface area (Å²) >= 11 is 0. The van der Waals surface area contributed by atoms with E-state index < -0.39 is 17.6 Å². The molecule has 0 N–H and O–H groups in total. The van der Waals surface area contributed by atoms with Crippen LogP contribution in [0.3, 0.4) is 0 Å². The number of hydrogen-bond acceptors (Lipinski definition) is 6. The van der Waals surface area contributed by atoms with Crippen LogP contribution in [0, 0.1) is 34.0 Å². The first kappa shape index (κ1) is 46.5. The summed E-state index contributed by atoms with van der Waals surface area (Å²) in [5, 5.41) is 0. The average molecular weight is 737 g/mol. The standard InChI is InChI=1S/C45H81FO6/c1-8-13-18-22-36(23-19-14-9-2)27-40(48)51-34-44(7)29-37-28-43(6,33-50-39(47)26-17-12-5)31-45(30-37,32-44)35-52-42(49)41(46)38(24-20-15-10-3)25-21-16-11-4/h36-38,41H,8-35H2,1-7H3. The number of fused-ring (bicyclic) bond motifs is 2. The maximum absolute atomic E-state index is 15.9. The first-order valence-electron chi connectivity index (χ1n) is 22.0. The Morgan fingerprint density at radius 2 is 1.06 bits per heavy atom. The molecule has 6 nitrogen and oxygen atoms in total. The molecule has 0 radical (unpaired) electrons. The molecule has 7 heteroatoms. The zero-order chi connectivity index (χ0) is 38.5. The molecule has 0 aromatic carbocycles. The molecule has 304 valence electrons. The van der Waals surface area contributed by atoms with Gasteiger partial charge in [0.25, 0.3) is 0 Å². The highest BCUT2D eigenvalue weighted by molar-refractivity contribution is 5.75. The quantitative estimate of drug-likeness (QED) is 0.0432. The first-order valence-corrected chi connectivity index (χ1v) is 22.0. The van der Waals surface area contributed by atoms with Gasteiger partial charge in [0.2, 0.25) is 0 Å². The molecule has 0 aromatic heterocycles. The van der Waals surface area contributed by atoms with Crippen molar-refractivity contribution >= 4 is 17.9 Å². The minimum atomic E-state index is -1.62. The lowest BCUT2D eigenvalue weighted by molar-refractivity contribution is -0.172. The van der Waals surface area contributed by atoms with E-state index in [2.05, 4.69) is 48.5 Å². The van der Waals surface area contributed by atoms with E-state index in [4.69, 9.17) is 14.2 Å². The molecule has 2 aliphatic rings. The number of rotatable bonds is 29. The summed E-state index contributed by atoms with van der Waals surface area (Å²) in [4.78, 5) is 39.3. The van der Waals surface area contributed by atoms with Crippen molar-refractivity contribution in [1.82, 2.24) is 0 Å². The number of halogens is 1. The van der Waals surface area contributed by atoms with Crippen LogP contribution in [-0.2, 0) is 28.6 Å². The molecule has 0 spiro atoms. The minimum absolute atomic E-state index is 0.100. The SMILES string of the molecule is CCCCCC(CCCCC)CC(=O)OCC1(C)CC2CC(C)(COC(=O)CCCC)CC(COC(=O)C(F)C(CCCCC)CCCCC)(C2)C1. The fourth-order valence-corrected chi connectivity index (χ4v) is 9.92. The average Bonchev–Trinajstić information content (AvgIpc) is 3.10. The van der Waals surface area contributed by atoms with Crippen LogP contribution in [0.2, 0.25) is 0 Å². The van der Waals surface area contributed by atoms with E-state index in [1.807, 2.05) is 0 Å². The number of carbonyl (C=O) groups excluding carboxylic acids is 3. The van der Waals surface area contributed by atoms with E-state index in [0.717, 1.165) is 109 Å². The Hall–Kier alpha value is -1.66. The van der Waals surface area contributed by atoms with Gasteiger partial charge in [0.05, 0.1) is 19.8 Å². The summed E-state index contributed by atoms with van der Waals surface area (Å²) in [6.45, 7) is 16.0. The van der Waals surface area contributed by atoms with Gasteiger partial charge >= 0.3 is 17.9 Å². The molecule has 2 aliphatic carbocycles. The molecule has 2 fully saturated rings. The summed E-state index contributed by atoms with van der Waals surface area (Å²) in [6, 6.07) is 0. The second kappa shape index (κ2) is 24.7. The number of alkyl halides is 1. The van der Waals surface area contributed by atoms with Crippen molar-refractivity contribution < 1.29 is 33.0 Å². The van der Waals surface area contributed by atoms with Gasteiger partial charge in [-0.3, -0.25) is 9.59 Å². The maximum atomic E-state index is 15.9. The van der Waals surface area contributed by atoms with Gasteiger partial charge in [0.15, 0.2) is 6.17 Å². The van der Waals surface area contributed by atoms with Gasteiger partial charge < -0.3 is 14.2 Å². The first-order chi connectivity index (χ1) is 24.9. The van der Waals surface area contributed by atoms with Gasteiger partial charge in [-0.2, -0.15) is 0 Å². The van der Waals surface area contributed by atoms with Gasteiger partial charge in [-0.15, -0.1) is 0 Å². The van der Waals surface area contributed by atoms with Crippen LogP contribution in [0.1, 0.15) is 209 Å². The van der Waals surface area contributed by atoms with E-state index in [1.54, 1.807) is 0 Å². The van der Waals surface area contributed by atoms with Crippen molar-refractivity contribution in [3.8, 4) is 0 Å². The smallest absolute Gasteiger partial charge is 0.341 e. The largest absolute Gasteiger partial charge is 0.465 e. The van der Waals surface area contributed by atoms with E-state index in [9.17, 15) is 14.4 Å². The summed E-state index contributed by atoms with van der Waals surface area (Å²) in [6.07, 6.45) is 21.9. The van der Waals surface area contributed by atoms with Crippen LogP contribution < -0.4 is 0 Å². The van der Waals surface area contributed by atoms with E-state index >= 15 is 4.39 Å². The highest BCUT2D eigenvalue weighted by Gasteiger charge is 2.55. The van der Waals surface area contributed by atoms with E-state index in [1.165, 1.54) is 25.7 Å². The Bertz CT molecular complexity index is 998. The fraction of sp³-hybridized carbons (Fsp3) is 0.933. The monoisotopic (exact) mass is 737 g/mol. The molecule has 2 rings (SSSR count). The van der Waals surface area contributed by atoms with Crippen LogP contribution in [0.5, 0.6) is 0 Å². The normalized spacial score (nSPS) is 24.9. The number of carbonyl (C=O) groups is 3. The molecular weight excluding hydrogens is 655 g/mol. The summed E-state index contributed by atoms with van der Waals surface area (Å²) < 4.78 is 33.9. The molecule has 0 amide bonds. The van der Waals surface area contributed by atoms with Crippen molar-refractivity contribution in [1.29, 1.82) is 0 Å². The molecule has 5 atom stereocenters. The fourth-order valence-electron chi connectivity index (χ4n) is 9.92. The van der Waals surface area contributed by atoms with Gasteiger partial charge in [-0.1, -0.05) is 132 Å². The second-order valence-electron chi connectivity index (χ2n) is 18.2. The predicted molar refractivity (Wildman–Crippen MR) is 211 cm³/mol. The summed E-state index contributed by atoms with van der Waals surface area (Å²) in [7, 11) is 0. The second-order valence-corrected chi connectivity index (χ2v) is 18.2. The van der Waals surface area contributed by atoms with Crippen LogP contribution in [0.25, 0.3) is 0 Å². The predicted octanol–water partition coefficient (Wildman–Crippen LogP) is 12.7. The Morgan fingerprint density at radius 3 is 1.54 bits per heavy atom. The van der Waals surface area contributed by atoms with Crippen molar-refractivity contribution in [2.24, 2.45) is 34.0 Å². The zero-order valence-electron chi connectivity index (χ0n) is 34.9. The Morgan fingerprint density at radius 1 is 0.596 bits per heavy atom. The van der Waals surface area contributed by atoms with E-state index in [0.29, 0.717) is 50.7 Å². The van der Waals surface area contributed by atoms with Crippen molar-refractivity contribution in [2.75, 3.05) is 19.8 Å².